The van der Waals surface area contributed by atoms with Gasteiger partial charge in [-0.1, -0.05) is 6.07 Å². The number of aromatic amines is 1. The maximum absolute atomic E-state index is 13.7. The van der Waals surface area contributed by atoms with E-state index in [1.165, 1.54) is 41.7 Å². The minimum Gasteiger partial charge on any atom is -0.328 e. The van der Waals surface area contributed by atoms with E-state index in [2.05, 4.69) is 10.3 Å². The van der Waals surface area contributed by atoms with E-state index in [1.54, 1.807) is 13.0 Å². The van der Waals surface area contributed by atoms with E-state index < -0.39 is 10.0 Å². The van der Waals surface area contributed by atoms with Crippen LogP contribution in [0.2, 0.25) is 0 Å². The van der Waals surface area contributed by atoms with Gasteiger partial charge in [0.1, 0.15) is 0 Å². The number of nitrogens with zero attached hydrogens (tertiary/aromatic N) is 2. The summed E-state index contributed by atoms with van der Waals surface area (Å²) in [5.41, 5.74) is 1.95. The first-order chi connectivity index (χ1) is 14.2. The second kappa shape index (κ2) is 7.00. The summed E-state index contributed by atoms with van der Waals surface area (Å²) in [6.07, 6.45) is 1.88. The number of carbonyl (C=O) groups is 1. The number of nitriles is 1. The predicted molar refractivity (Wildman–Crippen MR) is 113 cm³/mol. The number of hydrogen-bond donors (Lipinski definition) is 2. The Morgan fingerprint density at radius 1 is 1.30 bits per heavy atom. The van der Waals surface area contributed by atoms with E-state index in [0.717, 1.165) is 0 Å². The van der Waals surface area contributed by atoms with Gasteiger partial charge in [0.25, 0.3) is 15.6 Å². The van der Waals surface area contributed by atoms with E-state index >= 15 is 0 Å². The van der Waals surface area contributed by atoms with Crippen LogP contribution in [0.15, 0.2) is 46.2 Å². The molecule has 4 rings (SSSR count). The molecule has 2 heterocycles. The fourth-order valence-electron chi connectivity index (χ4n) is 3.88. The van der Waals surface area contributed by atoms with Crippen LogP contribution >= 0.6 is 0 Å². The minimum atomic E-state index is -4.03. The summed E-state index contributed by atoms with van der Waals surface area (Å²) in [4.78, 5) is 26.4. The molecule has 1 aliphatic heterocycles. The molecule has 2 aromatic carbocycles. The van der Waals surface area contributed by atoms with Crippen LogP contribution in [0.25, 0.3) is 10.8 Å². The summed E-state index contributed by atoms with van der Waals surface area (Å²) in [5.74, 6) is -0.308. The first-order valence-electron chi connectivity index (χ1n) is 9.22. The van der Waals surface area contributed by atoms with Crippen LogP contribution in [-0.2, 0) is 21.2 Å². The molecule has 1 aliphatic rings. The molecule has 1 amide bonds. The standard InChI is InChI=1S/C21H18N4O4S/c1-12-11-23-21(27)16-4-3-5-19(20(12)16)30(28,29)25-7-6-15-17(24-13(2)26)8-14(10-22)9-18(15)25/h3-5,8-9,11H,6-7H2,1-2H3,(H,23,27)(H,24,26). The number of rotatable bonds is 3. The number of amides is 1. The highest BCUT2D eigenvalue weighted by Gasteiger charge is 2.34. The van der Waals surface area contributed by atoms with Gasteiger partial charge in [0.2, 0.25) is 5.91 Å². The maximum Gasteiger partial charge on any atom is 0.264 e. The van der Waals surface area contributed by atoms with Crippen LogP contribution in [0.5, 0.6) is 0 Å². The van der Waals surface area contributed by atoms with Gasteiger partial charge in [0.05, 0.1) is 22.2 Å². The van der Waals surface area contributed by atoms with E-state index in [0.29, 0.717) is 39.7 Å². The Morgan fingerprint density at radius 2 is 2.07 bits per heavy atom. The third kappa shape index (κ3) is 3.02. The molecule has 0 fully saturated rings. The Balaban J connectivity index is 1.94. The number of hydrogen-bond acceptors (Lipinski definition) is 5. The molecule has 8 nitrogen and oxygen atoms in total. The fraction of sp³-hybridized carbons (Fsp3) is 0.190. The van der Waals surface area contributed by atoms with Crippen LogP contribution in [-0.4, -0.2) is 25.9 Å². The van der Waals surface area contributed by atoms with Gasteiger partial charge in [-0.15, -0.1) is 0 Å². The third-order valence-corrected chi connectivity index (χ3v) is 7.01. The average Bonchev–Trinajstić information content (AvgIpc) is 3.15. The van der Waals surface area contributed by atoms with Crippen molar-refractivity contribution in [3.05, 3.63) is 63.6 Å². The van der Waals surface area contributed by atoms with Crippen LogP contribution in [0.3, 0.4) is 0 Å². The van der Waals surface area contributed by atoms with Gasteiger partial charge in [-0.2, -0.15) is 5.26 Å². The maximum atomic E-state index is 13.7. The molecule has 0 unspecified atom stereocenters. The van der Waals surface area contributed by atoms with Crippen molar-refractivity contribution in [3.63, 3.8) is 0 Å². The second-order valence-electron chi connectivity index (χ2n) is 7.12. The van der Waals surface area contributed by atoms with Crippen LogP contribution < -0.4 is 15.2 Å². The number of aromatic nitrogens is 1. The summed E-state index contributed by atoms with van der Waals surface area (Å²) in [5, 5.41) is 12.7. The minimum absolute atomic E-state index is 0.0277. The highest BCUT2D eigenvalue weighted by molar-refractivity contribution is 7.93. The number of carbonyl (C=O) groups excluding carboxylic acids is 1. The number of aryl methyl sites for hydroxylation is 1. The Labute approximate surface area is 172 Å². The van der Waals surface area contributed by atoms with Gasteiger partial charge in [-0.05, 0) is 43.2 Å². The molecular weight excluding hydrogens is 404 g/mol. The molecule has 0 aliphatic carbocycles. The smallest absolute Gasteiger partial charge is 0.264 e. The highest BCUT2D eigenvalue weighted by Crippen LogP contribution is 2.39. The molecule has 0 radical (unpaired) electrons. The van der Waals surface area contributed by atoms with Crippen molar-refractivity contribution in [3.8, 4) is 6.07 Å². The van der Waals surface area contributed by atoms with E-state index in [1.807, 2.05) is 6.07 Å². The zero-order valence-electron chi connectivity index (χ0n) is 16.3. The molecule has 0 atom stereocenters. The number of H-pyrrole nitrogens is 1. The Hall–Kier alpha value is -3.64. The number of anilines is 2. The lowest BCUT2D eigenvalue weighted by Gasteiger charge is -2.21. The lowest BCUT2D eigenvalue weighted by atomic mass is 10.1. The van der Waals surface area contributed by atoms with Crippen molar-refractivity contribution in [2.75, 3.05) is 16.2 Å². The fourth-order valence-corrected chi connectivity index (χ4v) is 5.65. The SMILES string of the molecule is CC(=O)Nc1cc(C#N)cc2c1CCN2S(=O)(=O)c1cccc2c(=O)[nH]cc(C)c12. The summed E-state index contributed by atoms with van der Waals surface area (Å²) in [7, 11) is -4.03. The summed E-state index contributed by atoms with van der Waals surface area (Å²) >= 11 is 0. The molecule has 2 N–H and O–H groups in total. The zero-order chi connectivity index (χ0) is 21.6. The van der Waals surface area contributed by atoms with Crippen molar-refractivity contribution in [1.29, 1.82) is 5.26 Å². The van der Waals surface area contributed by atoms with Crippen LogP contribution in [0, 0.1) is 18.3 Å². The number of benzene rings is 2. The predicted octanol–water partition coefficient (Wildman–Crippen LogP) is 2.42. The summed E-state index contributed by atoms with van der Waals surface area (Å²) in [6.45, 7) is 3.25. The average molecular weight is 422 g/mol. The molecule has 1 aromatic heterocycles. The lowest BCUT2D eigenvalue weighted by Crippen LogP contribution is -2.29. The molecule has 9 heteroatoms. The van der Waals surface area contributed by atoms with Crippen molar-refractivity contribution in [1.82, 2.24) is 4.98 Å². The molecule has 0 spiro atoms. The second-order valence-corrected chi connectivity index (χ2v) is 8.95. The van der Waals surface area contributed by atoms with Crippen molar-refractivity contribution >= 4 is 38.1 Å². The quantitative estimate of drug-likeness (QED) is 0.671. The van der Waals surface area contributed by atoms with Gasteiger partial charge >= 0.3 is 0 Å². The largest absolute Gasteiger partial charge is 0.328 e. The Bertz CT molecular complexity index is 1420. The number of sulfonamides is 1. The lowest BCUT2D eigenvalue weighted by molar-refractivity contribution is -0.114. The monoisotopic (exact) mass is 422 g/mol. The molecule has 0 saturated carbocycles. The van der Waals surface area contributed by atoms with Crippen LogP contribution in [0.1, 0.15) is 23.6 Å². The third-order valence-electron chi connectivity index (χ3n) is 5.15. The van der Waals surface area contributed by atoms with Gasteiger partial charge in [-0.3, -0.25) is 13.9 Å². The Morgan fingerprint density at radius 3 is 2.77 bits per heavy atom. The highest BCUT2D eigenvalue weighted by atomic mass is 32.2. The molecule has 3 aromatic rings. The Kier molecular flexibility index (Phi) is 4.59. The summed E-state index contributed by atoms with van der Waals surface area (Å²) in [6, 6.07) is 9.66. The van der Waals surface area contributed by atoms with Crippen LogP contribution in [0.4, 0.5) is 11.4 Å². The zero-order valence-corrected chi connectivity index (χ0v) is 17.1. The number of pyridine rings is 1. The molecular formula is C21H18N4O4S. The first-order valence-corrected chi connectivity index (χ1v) is 10.7. The number of nitrogens with one attached hydrogen (secondary N) is 2. The van der Waals surface area contributed by atoms with E-state index in [4.69, 9.17) is 0 Å². The molecule has 30 heavy (non-hydrogen) atoms. The molecule has 0 bridgehead atoms. The van der Waals surface area contributed by atoms with Gasteiger partial charge in [-0.25, -0.2) is 8.42 Å². The molecule has 0 saturated heterocycles. The normalized spacial score (nSPS) is 13.2. The number of fused-ring (bicyclic) bond motifs is 2. The topological polar surface area (TPSA) is 123 Å². The summed E-state index contributed by atoms with van der Waals surface area (Å²) < 4.78 is 28.5. The van der Waals surface area contributed by atoms with Gasteiger partial charge < -0.3 is 10.3 Å². The van der Waals surface area contributed by atoms with Crippen molar-refractivity contribution < 1.29 is 13.2 Å². The van der Waals surface area contributed by atoms with Gasteiger partial charge in [0.15, 0.2) is 0 Å². The molecule has 152 valence electrons. The van der Waals surface area contributed by atoms with Crippen molar-refractivity contribution in [2.45, 2.75) is 25.2 Å². The first kappa shape index (κ1) is 19.7. The van der Waals surface area contributed by atoms with Gasteiger partial charge in [0, 0.05) is 41.7 Å². The van der Waals surface area contributed by atoms with E-state index in [-0.39, 0.29) is 28.5 Å². The van der Waals surface area contributed by atoms with E-state index in [9.17, 15) is 23.3 Å². The van der Waals surface area contributed by atoms with Crippen molar-refractivity contribution in [2.24, 2.45) is 0 Å².